The molecule has 0 bridgehead atoms. The van der Waals surface area contributed by atoms with Gasteiger partial charge in [0, 0.05) is 12.8 Å². The molecule has 2 nitrogen and oxygen atoms in total. The molecule has 0 fully saturated rings. The number of ether oxygens (including phenoxy) is 1. The van der Waals surface area contributed by atoms with Gasteiger partial charge in [0.25, 0.3) is 5.92 Å². The van der Waals surface area contributed by atoms with Crippen LogP contribution in [0.1, 0.15) is 36.2 Å². The highest BCUT2D eigenvalue weighted by molar-refractivity contribution is 5.89. The number of methoxy groups -OCH3 is 1. The zero-order valence-electron chi connectivity index (χ0n) is 11.4. The number of carbonyl (C=O) groups excluding carboxylic acids is 1. The molecule has 0 saturated heterocycles. The molecule has 4 heteroatoms. The van der Waals surface area contributed by atoms with E-state index in [0.717, 1.165) is 0 Å². The smallest absolute Gasteiger partial charge is 0.337 e. The fourth-order valence-electron chi connectivity index (χ4n) is 1.75. The van der Waals surface area contributed by atoms with Crippen molar-refractivity contribution in [3.8, 4) is 0 Å². The average Bonchev–Trinajstić information content (AvgIpc) is 2.37. The second-order valence-electron chi connectivity index (χ2n) is 4.53. The normalized spacial score (nSPS) is 12.4. The molecule has 0 N–H and O–H groups in total. The molecule has 104 valence electrons. The van der Waals surface area contributed by atoms with Crippen molar-refractivity contribution in [3.05, 3.63) is 47.0 Å². The van der Waals surface area contributed by atoms with Crippen LogP contribution in [-0.2, 0) is 11.2 Å². The highest BCUT2D eigenvalue weighted by Gasteiger charge is 2.29. The third kappa shape index (κ3) is 4.81. The van der Waals surface area contributed by atoms with Crippen molar-refractivity contribution >= 4 is 5.97 Å². The van der Waals surface area contributed by atoms with Gasteiger partial charge in [-0.1, -0.05) is 23.8 Å². The number of hydrogen-bond donors (Lipinski definition) is 0. The first-order chi connectivity index (χ1) is 8.88. The lowest BCUT2D eigenvalue weighted by atomic mass is 10.00. The summed E-state index contributed by atoms with van der Waals surface area (Å²) in [6.45, 7) is 3.44. The van der Waals surface area contributed by atoms with Crippen LogP contribution in [0.3, 0.4) is 0 Å². The van der Waals surface area contributed by atoms with Crippen LogP contribution in [0.5, 0.6) is 0 Å². The highest BCUT2D eigenvalue weighted by Crippen LogP contribution is 2.27. The summed E-state index contributed by atoms with van der Waals surface area (Å²) in [5.41, 5.74) is 1.52. The molecule has 0 spiro atoms. The predicted molar refractivity (Wildman–Crippen MR) is 70.5 cm³/mol. The van der Waals surface area contributed by atoms with Crippen molar-refractivity contribution in [3.63, 3.8) is 0 Å². The summed E-state index contributed by atoms with van der Waals surface area (Å²) in [6, 6.07) is 6.07. The molecule has 0 aliphatic rings. The Hall–Kier alpha value is -1.71. The van der Waals surface area contributed by atoms with E-state index in [-0.39, 0.29) is 12.8 Å². The van der Waals surface area contributed by atoms with Crippen LogP contribution in [0.25, 0.3) is 0 Å². The minimum atomic E-state index is -2.77. The van der Waals surface area contributed by atoms with Crippen LogP contribution in [0.4, 0.5) is 8.78 Å². The third-order valence-corrected chi connectivity index (χ3v) is 2.87. The fraction of sp³-hybridized carbons (Fsp3) is 0.400. The molecule has 1 aromatic rings. The summed E-state index contributed by atoms with van der Waals surface area (Å²) in [6.07, 6.45) is 1.11. The average molecular weight is 268 g/mol. The van der Waals surface area contributed by atoms with Gasteiger partial charge in [0.1, 0.15) is 0 Å². The van der Waals surface area contributed by atoms with Crippen molar-refractivity contribution in [2.45, 2.75) is 32.6 Å². The zero-order chi connectivity index (χ0) is 14.5. The molecule has 0 saturated carbocycles. The highest BCUT2D eigenvalue weighted by atomic mass is 19.3. The topological polar surface area (TPSA) is 26.3 Å². The predicted octanol–water partition coefficient (Wildman–Crippen LogP) is 4.01. The first kappa shape index (κ1) is 15.3. The molecule has 0 amide bonds. The lowest BCUT2D eigenvalue weighted by Gasteiger charge is -2.16. The number of benzene rings is 1. The lowest BCUT2D eigenvalue weighted by Crippen LogP contribution is -2.20. The third-order valence-electron chi connectivity index (χ3n) is 2.87. The lowest BCUT2D eigenvalue weighted by molar-refractivity contribution is 0.00220. The number of carbonyl (C=O) groups is 1. The molecule has 0 aliphatic heterocycles. The van der Waals surface area contributed by atoms with E-state index < -0.39 is 11.9 Å². The Balaban J connectivity index is 2.74. The van der Waals surface area contributed by atoms with Crippen LogP contribution < -0.4 is 0 Å². The van der Waals surface area contributed by atoms with Gasteiger partial charge in [-0.3, -0.25) is 0 Å². The molecule has 0 atom stereocenters. The van der Waals surface area contributed by atoms with Crippen LogP contribution >= 0.6 is 0 Å². The van der Waals surface area contributed by atoms with Crippen LogP contribution in [0.2, 0.25) is 0 Å². The molecular weight excluding hydrogens is 250 g/mol. The Labute approximate surface area is 112 Å². The number of allylic oxidation sites excluding steroid dienone is 2. The van der Waals surface area contributed by atoms with Crippen molar-refractivity contribution in [1.82, 2.24) is 0 Å². The van der Waals surface area contributed by atoms with Gasteiger partial charge < -0.3 is 4.74 Å². The molecule has 0 aliphatic carbocycles. The zero-order valence-corrected chi connectivity index (χ0v) is 11.4. The van der Waals surface area contributed by atoms with Crippen LogP contribution in [-0.4, -0.2) is 19.0 Å². The van der Waals surface area contributed by atoms with E-state index in [2.05, 4.69) is 4.74 Å². The first-order valence-corrected chi connectivity index (χ1v) is 6.05. The van der Waals surface area contributed by atoms with Gasteiger partial charge >= 0.3 is 5.97 Å². The first-order valence-electron chi connectivity index (χ1n) is 6.05. The van der Waals surface area contributed by atoms with E-state index in [9.17, 15) is 13.6 Å². The number of hydrogen-bond acceptors (Lipinski definition) is 2. The summed E-state index contributed by atoms with van der Waals surface area (Å²) >= 11 is 0. The Morgan fingerprint density at radius 2 is 1.89 bits per heavy atom. The maximum absolute atomic E-state index is 13.7. The minimum Gasteiger partial charge on any atom is -0.465 e. The van der Waals surface area contributed by atoms with Gasteiger partial charge in [0.2, 0.25) is 0 Å². The number of rotatable bonds is 5. The van der Waals surface area contributed by atoms with Gasteiger partial charge in [-0.2, -0.15) is 0 Å². The summed E-state index contributed by atoms with van der Waals surface area (Å²) in [7, 11) is 1.28. The van der Waals surface area contributed by atoms with E-state index in [1.54, 1.807) is 19.9 Å². The fourth-order valence-corrected chi connectivity index (χ4v) is 1.75. The van der Waals surface area contributed by atoms with Crippen LogP contribution in [0.15, 0.2) is 35.9 Å². The van der Waals surface area contributed by atoms with Crippen molar-refractivity contribution in [2.24, 2.45) is 0 Å². The summed E-state index contributed by atoms with van der Waals surface area (Å²) in [5.74, 6) is -3.24. The maximum Gasteiger partial charge on any atom is 0.337 e. The summed E-state index contributed by atoms with van der Waals surface area (Å²) in [4.78, 5) is 11.2. The van der Waals surface area contributed by atoms with E-state index in [0.29, 0.717) is 16.7 Å². The van der Waals surface area contributed by atoms with Crippen molar-refractivity contribution in [2.75, 3.05) is 7.11 Å². The SMILES string of the molecule is C/C=C(\C)CC(F)(F)Cc1ccc(C(=O)OC)cc1. The Bertz CT molecular complexity index is 462. The monoisotopic (exact) mass is 268 g/mol. The number of esters is 1. The maximum atomic E-state index is 13.7. The molecule has 1 aromatic carbocycles. The van der Waals surface area contributed by atoms with E-state index in [1.807, 2.05) is 0 Å². The second kappa shape index (κ2) is 6.45. The molecule has 1 rings (SSSR count). The standard InChI is InChI=1S/C15H18F2O2/c1-4-11(2)9-15(16,17)10-12-5-7-13(8-6-12)14(18)19-3/h4-8H,9-10H2,1-3H3/b11-4+. The molecule has 0 unspecified atom stereocenters. The summed E-state index contributed by atoms with van der Waals surface area (Å²) < 4.78 is 32.0. The van der Waals surface area contributed by atoms with Gasteiger partial charge in [0.05, 0.1) is 12.7 Å². The van der Waals surface area contributed by atoms with E-state index >= 15 is 0 Å². The van der Waals surface area contributed by atoms with E-state index in [1.165, 1.54) is 31.4 Å². The van der Waals surface area contributed by atoms with Gasteiger partial charge in [-0.25, -0.2) is 13.6 Å². The van der Waals surface area contributed by atoms with Gasteiger partial charge in [-0.15, -0.1) is 0 Å². The van der Waals surface area contributed by atoms with Crippen molar-refractivity contribution < 1.29 is 18.3 Å². The Morgan fingerprint density at radius 1 is 1.32 bits per heavy atom. The van der Waals surface area contributed by atoms with Gasteiger partial charge in [-0.05, 0) is 31.5 Å². The Morgan fingerprint density at radius 3 is 2.37 bits per heavy atom. The minimum absolute atomic E-state index is 0.248. The largest absolute Gasteiger partial charge is 0.465 e. The number of alkyl halides is 2. The van der Waals surface area contributed by atoms with E-state index in [4.69, 9.17) is 0 Å². The molecular formula is C15H18F2O2. The quantitative estimate of drug-likeness (QED) is 0.596. The van der Waals surface area contributed by atoms with Crippen LogP contribution in [0, 0.1) is 0 Å². The van der Waals surface area contributed by atoms with Crippen molar-refractivity contribution in [1.29, 1.82) is 0 Å². The molecule has 19 heavy (non-hydrogen) atoms. The second-order valence-corrected chi connectivity index (χ2v) is 4.53. The molecule has 0 aromatic heterocycles. The molecule has 0 heterocycles. The Kier molecular flexibility index (Phi) is 5.21. The van der Waals surface area contributed by atoms with Gasteiger partial charge in [0.15, 0.2) is 0 Å². The summed E-state index contributed by atoms with van der Waals surface area (Å²) in [5, 5.41) is 0. The molecule has 0 radical (unpaired) electrons. The number of halogens is 2.